The number of amides is 1. The van der Waals surface area contributed by atoms with Crippen molar-refractivity contribution >= 4 is 34.6 Å². The van der Waals surface area contributed by atoms with E-state index in [9.17, 15) is 28.1 Å². The van der Waals surface area contributed by atoms with Crippen molar-refractivity contribution in [3.63, 3.8) is 0 Å². The summed E-state index contributed by atoms with van der Waals surface area (Å²) in [5, 5.41) is 21.8. The molecule has 2 aromatic carbocycles. The highest BCUT2D eigenvalue weighted by atomic mass is 35.5. The maximum absolute atomic E-state index is 12.9. The normalized spacial score (nSPS) is 10.9. The maximum Gasteiger partial charge on any atom is 0.417 e. The number of benzene rings is 2. The Morgan fingerprint density at radius 3 is 2.57 bits per heavy atom. The summed E-state index contributed by atoms with van der Waals surface area (Å²) in [4.78, 5) is 23.6. The van der Waals surface area contributed by atoms with E-state index in [1.165, 1.54) is 30.1 Å². The standard InChI is InChI=1S/C17H12ClF3N4O3/c1-24(15-5-3-12(25(27)28)6-10(15)8-22)9-16(26)23-11-2-4-14(18)13(7-11)17(19,20)21/h2-7H,9H2,1H3,(H,23,26). The van der Waals surface area contributed by atoms with Crippen LogP contribution in [-0.2, 0) is 11.0 Å². The number of hydrogen-bond acceptors (Lipinski definition) is 5. The molecule has 0 heterocycles. The lowest BCUT2D eigenvalue weighted by Crippen LogP contribution is -2.30. The minimum atomic E-state index is -4.67. The van der Waals surface area contributed by atoms with Crippen LogP contribution in [0.2, 0.25) is 5.02 Å². The molecule has 0 unspecified atom stereocenters. The van der Waals surface area contributed by atoms with Crippen molar-refractivity contribution in [2.75, 3.05) is 23.8 Å². The zero-order valence-electron chi connectivity index (χ0n) is 14.2. The minimum Gasteiger partial charge on any atom is -0.364 e. The van der Waals surface area contributed by atoms with E-state index in [4.69, 9.17) is 16.9 Å². The number of nitrogens with one attached hydrogen (secondary N) is 1. The summed E-state index contributed by atoms with van der Waals surface area (Å²) in [6.07, 6.45) is -4.67. The average Bonchev–Trinajstić information content (AvgIpc) is 2.61. The van der Waals surface area contributed by atoms with E-state index in [2.05, 4.69) is 5.32 Å². The van der Waals surface area contributed by atoms with Crippen LogP contribution in [0.15, 0.2) is 36.4 Å². The zero-order chi connectivity index (χ0) is 21.1. The zero-order valence-corrected chi connectivity index (χ0v) is 15.0. The molecule has 0 aromatic heterocycles. The van der Waals surface area contributed by atoms with Crippen molar-refractivity contribution in [2.45, 2.75) is 6.18 Å². The lowest BCUT2D eigenvalue weighted by atomic mass is 10.1. The third-order valence-corrected chi connectivity index (χ3v) is 3.99. The Labute approximate surface area is 162 Å². The SMILES string of the molecule is CN(CC(=O)Nc1ccc(Cl)c(C(F)(F)F)c1)c1ccc([N+](=O)[O-])cc1C#N. The van der Waals surface area contributed by atoms with E-state index < -0.39 is 27.6 Å². The molecule has 0 saturated heterocycles. The molecule has 7 nitrogen and oxygen atoms in total. The maximum atomic E-state index is 12.9. The second-order valence-corrected chi connectivity index (χ2v) is 6.07. The fourth-order valence-corrected chi connectivity index (χ4v) is 2.61. The minimum absolute atomic E-state index is 0.0182. The summed E-state index contributed by atoms with van der Waals surface area (Å²) in [6, 6.07) is 8.33. The first-order chi connectivity index (χ1) is 13.0. The van der Waals surface area contributed by atoms with E-state index >= 15 is 0 Å². The van der Waals surface area contributed by atoms with Crippen LogP contribution in [0.3, 0.4) is 0 Å². The number of nitro groups is 1. The quantitative estimate of drug-likeness (QED) is 0.585. The van der Waals surface area contributed by atoms with Crippen molar-refractivity contribution in [3.05, 3.63) is 62.7 Å². The third kappa shape index (κ3) is 4.89. The number of non-ortho nitro benzene ring substituents is 1. The monoisotopic (exact) mass is 412 g/mol. The van der Waals surface area contributed by atoms with Gasteiger partial charge < -0.3 is 10.2 Å². The Morgan fingerprint density at radius 2 is 2.00 bits per heavy atom. The fourth-order valence-electron chi connectivity index (χ4n) is 2.38. The second-order valence-electron chi connectivity index (χ2n) is 5.67. The van der Waals surface area contributed by atoms with Gasteiger partial charge in [0.25, 0.3) is 5.69 Å². The molecule has 0 aliphatic carbocycles. The summed E-state index contributed by atoms with van der Waals surface area (Å²) in [5.74, 6) is -0.653. The first-order valence-corrected chi connectivity index (χ1v) is 7.97. The van der Waals surface area contributed by atoms with Crippen LogP contribution in [0.1, 0.15) is 11.1 Å². The molecule has 2 aromatic rings. The molecule has 1 N–H and O–H groups in total. The van der Waals surface area contributed by atoms with Crippen molar-refractivity contribution in [1.29, 1.82) is 5.26 Å². The number of nitriles is 1. The molecule has 146 valence electrons. The lowest BCUT2D eigenvalue weighted by Gasteiger charge is -2.20. The van der Waals surface area contributed by atoms with Gasteiger partial charge in [0, 0.05) is 24.9 Å². The van der Waals surface area contributed by atoms with Crippen molar-refractivity contribution < 1.29 is 22.9 Å². The summed E-state index contributed by atoms with van der Waals surface area (Å²) < 4.78 is 38.7. The molecule has 0 saturated carbocycles. The molecule has 1 amide bonds. The molecule has 11 heteroatoms. The predicted octanol–water partition coefficient (Wildman–Crippen LogP) is 4.21. The van der Waals surface area contributed by atoms with Crippen LogP contribution in [-0.4, -0.2) is 24.4 Å². The Morgan fingerprint density at radius 1 is 1.32 bits per heavy atom. The van der Waals surface area contributed by atoms with E-state index in [0.29, 0.717) is 6.07 Å². The van der Waals surface area contributed by atoms with Gasteiger partial charge in [-0.1, -0.05) is 11.6 Å². The van der Waals surface area contributed by atoms with Crippen LogP contribution in [0.4, 0.5) is 30.2 Å². The topological polar surface area (TPSA) is 99.3 Å². The van der Waals surface area contributed by atoms with E-state index in [1.807, 2.05) is 6.07 Å². The predicted molar refractivity (Wildman–Crippen MR) is 96.2 cm³/mol. The summed E-state index contributed by atoms with van der Waals surface area (Å²) >= 11 is 5.53. The first-order valence-electron chi connectivity index (χ1n) is 7.59. The van der Waals surface area contributed by atoms with Crippen LogP contribution in [0.5, 0.6) is 0 Å². The van der Waals surface area contributed by atoms with E-state index in [1.54, 1.807) is 0 Å². The highest BCUT2D eigenvalue weighted by Crippen LogP contribution is 2.36. The van der Waals surface area contributed by atoms with Gasteiger partial charge in [-0.25, -0.2) is 0 Å². The molecule has 2 rings (SSSR count). The molecule has 0 bridgehead atoms. The number of anilines is 2. The van der Waals surface area contributed by atoms with Gasteiger partial charge in [0.05, 0.1) is 33.3 Å². The highest BCUT2D eigenvalue weighted by molar-refractivity contribution is 6.31. The van der Waals surface area contributed by atoms with Gasteiger partial charge in [0.1, 0.15) is 6.07 Å². The number of likely N-dealkylation sites (N-methyl/N-ethyl adjacent to an activating group) is 1. The Balaban J connectivity index is 2.16. The summed E-state index contributed by atoms with van der Waals surface area (Å²) in [7, 11) is 1.46. The van der Waals surface area contributed by atoms with Crippen molar-refractivity contribution in [3.8, 4) is 6.07 Å². The van der Waals surface area contributed by atoms with Gasteiger partial charge in [-0.05, 0) is 24.3 Å². The van der Waals surface area contributed by atoms with Gasteiger partial charge in [-0.3, -0.25) is 14.9 Å². The molecule has 0 aliphatic rings. The van der Waals surface area contributed by atoms with Gasteiger partial charge in [-0.2, -0.15) is 18.4 Å². The lowest BCUT2D eigenvalue weighted by molar-refractivity contribution is -0.384. The Kier molecular flexibility index (Phi) is 6.10. The number of hydrogen-bond donors (Lipinski definition) is 1. The fraction of sp³-hybridized carbons (Fsp3) is 0.176. The van der Waals surface area contributed by atoms with Gasteiger partial charge in [-0.15, -0.1) is 0 Å². The molecule has 0 spiro atoms. The Hall–Kier alpha value is -3.32. The molecule has 0 radical (unpaired) electrons. The molecule has 0 fully saturated rings. The van der Waals surface area contributed by atoms with Gasteiger partial charge in [0.15, 0.2) is 0 Å². The van der Waals surface area contributed by atoms with Crippen molar-refractivity contribution in [2.24, 2.45) is 0 Å². The van der Waals surface area contributed by atoms with Gasteiger partial charge >= 0.3 is 6.18 Å². The number of carbonyl (C=O) groups is 1. The number of alkyl halides is 3. The average molecular weight is 413 g/mol. The number of halogens is 4. The molecular weight excluding hydrogens is 401 g/mol. The highest BCUT2D eigenvalue weighted by Gasteiger charge is 2.33. The number of rotatable bonds is 5. The van der Waals surface area contributed by atoms with E-state index in [0.717, 1.165) is 12.1 Å². The molecule has 0 aliphatic heterocycles. The van der Waals surface area contributed by atoms with Crippen molar-refractivity contribution in [1.82, 2.24) is 0 Å². The number of nitro benzene ring substituents is 1. The van der Waals surface area contributed by atoms with Crippen LogP contribution in [0.25, 0.3) is 0 Å². The van der Waals surface area contributed by atoms with Crippen LogP contribution < -0.4 is 10.2 Å². The largest absolute Gasteiger partial charge is 0.417 e. The van der Waals surface area contributed by atoms with Gasteiger partial charge in [0.2, 0.25) is 5.91 Å². The first kappa shape index (κ1) is 21.0. The number of nitrogens with zero attached hydrogens (tertiary/aromatic N) is 3. The summed E-state index contributed by atoms with van der Waals surface area (Å²) in [5.41, 5.74) is -1.22. The van der Waals surface area contributed by atoms with E-state index in [-0.39, 0.29) is 29.2 Å². The molecular formula is C17H12ClF3N4O3. The van der Waals surface area contributed by atoms with Crippen LogP contribution in [0, 0.1) is 21.4 Å². The molecule has 0 atom stereocenters. The number of carbonyl (C=O) groups excluding carboxylic acids is 1. The Bertz CT molecular complexity index is 973. The smallest absolute Gasteiger partial charge is 0.364 e. The third-order valence-electron chi connectivity index (χ3n) is 3.66. The second kappa shape index (κ2) is 8.14. The molecule has 28 heavy (non-hydrogen) atoms. The van der Waals surface area contributed by atoms with Crippen LogP contribution >= 0.6 is 11.6 Å². The summed E-state index contributed by atoms with van der Waals surface area (Å²) in [6.45, 7) is -0.309.